The quantitative estimate of drug-likeness (QED) is 0.682. The Morgan fingerprint density at radius 3 is 2.80 bits per heavy atom. The molecule has 0 radical (unpaired) electrons. The summed E-state index contributed by atoms with van der Waals surface area (Å²) in [6, 6.07) is 8.96. The number of carbonyl (C=O) groups is 1. The second kappa shape index (κ2) is 4.86. The lowest BCUT2D eigenvalue weighted by atomic mass is 10.2. The van der Waals surface area contributed by atoms with E-state index in [2.05, 4.69) is 4.98 Å². The standard InChI is InChI=1S/C14H7FINO3/c15-7-4-5-8(10(16)6-7)13-17-11-3-1-2-9(14(18)19)12(11)20-13/h1-6H,(H,18,19). The minimum absolute atomic E-state index is 0.0540. The molecule has 0 bridgehead atoms. The molecule has 20 heavy (non-hydrogen) atoms. The normalized spacial score (nSPS) is 10.9. The van der Waals surface area contributed by atoms with Crippen LogP contribution in [0.1, 0.15) is 10.4 Å². The number of nitrogens with zero attached hydrogens (tertiary/aromatic N) is 1. The molecule has 0 unspecified atom stereocenters. The van der Waals surface area contributed by atoms with Gasteiger partial charge in [-0.3, -0.25) is 0 Å². The first-order chi connectivity index (χ1) is 9.56. The highest BCUT2D eigenvalue weighted by Crippen LogP contribution is 2.29. The van der Waals surface area contributed by atoms with Crippen LogP contribution in [-0.4, -0.2) is 16.1 Å². The van der Waals surface area contributed by atoms with Crippen LogP contribution in [-0.2, 0) is 0 Å². The third-order valence-electron chi connectivity index (χ3n) is 2.81. The number of rotatable bonds is 2. The molecule has 0 atom stereocenters. The minimum atomic E-state index is -1.08. The molecule has 0 aliphatic heterocycles. The molecule has 0 aliphatic rings. The lowest BCUT2D eigenvalue weighted by Crippen LogP contribution is -1.95. The van der Waals surface area contributed by atoms with Gasteiger partial charge in [0, 0.05) is 3.57 Å². The minimum Gasteiger partial charge on any atom is -0.478 e. The van der Waals surface area contributed by atoms with Crippen LogP contribution >= 0.6 is 22.6 Å². The first-order valence-electron chi connectivity index (χ1n) is 5.64. The molecule has 100 valence electrons. The van der Waals surface area contributed by atoms with Crippen molar-refractivity contribution >= 4 is 39.7 Å². The van der Waals surface area contributed by atoms with Gasteiger partial charge in [-0.05, 0) is 52.9 Å². The van der Waals surface area contributed by atoms with Crippen LogP contribution in [0.25, 0.3) is 22.6 Å². The van der Waals surface area contributed by atoms with Crippen LogP contribution in [0, 0.1) is 9.39 Å². The third kappa shape index (κ3) is 2.15. The van der Waals surface area contributed by atoms with E-state index in [1.54, 1.807) is 18.2 Å². The second-order valence-electron chi connectivity index (χ2n) is 4.10. The van der Waals surface area contributed by atoms with E-state index < -0.39 is 5.97 Å². The summed E-state index contributed by atoms with van der Waals surface area (Å²) in [6.07, 6.45) is 0. The Hall–Kier alpha value is -1.96. The molecule has 0 aliphatic carbocycles. The zero-order valence-corrected chi connectivity index (χ0v) is 12.1. The molecule has 1 N–H and O–H groups in total. The van der Waals surface area contributed by atoms with Gasteiger partial charge in [0.1, 0.15) is 16.9 Å². The summed E-state index contributed by atoms with van der Waals surface area (Å²) in [4.78, 5) is 15.4. The van der Waals surface area contributed by atoms with Crippen molar-refractivity contribution in [3.05, 3.63) is 51.3 Å². The number of aromatic nitrogens is 1. The summed E-state index contributed by atoms with van der Waals surface area (Å²) >= 11 is 1.98. The predicted octanol–water partition coefficient (Wildman–Crippen LogP) is 3.94. The van der Waals surface area contributed by atoms with Gasteiger partial charge in [-0.1, -0.05) is 6.07 Å². The van der Waals surface area contributed by atoms with Crippen LogP contribution in [0.15, 0.2) is 40.8 Å². The van der Waals surface area contributed by atoms with E-state index in [1.807, 2.05) is 22.6 Å². The molecule has 3 aromatic rings. The van der Waals surface area contributed by atoms with Crippen molar-refractivity contribution in [1.29, 1.82) is 0 Å². The fraction of sp³-hybridized carbons (Fsp3) is 0. The second-order valence-corrected chi connectivity index (χ2v) is 5.26. The van der Waals surface area contributed by atoms with Crippen LogP contribution in [0.3, 0.4) is 0 Å². The van der Waals surface area contributed by atoms with Crippen molar-refractivity contribution < 1.29 is 18.7 Å². The molecule has 2 aromatic carbocycles. The first kappa shape index (κ1) is 13.0. The average Bonchev–Trinajstić information content (AvgIpc) is 2.81. The van der Waals surface area contributed by atoms with Crippen molar-refractivity contribution in [2.24, 2.45) is 0 Å². The van der Waals surface area contributed by atoms with Crippen molar-refractivity contribution in [3.63, 3.8) is 0 Å². The zero-order valence-electron chi connectivity index (χ0n) is 9.93. The Kier molecular flexibility index (Phi) is 3.17. The highest BCUT2D eigenvalue weighted by Gasteiger charge is 2.17. The summed E-state index contributed by atoms with van der Waals surface area (Å²) < 4.78 is 19.3. The topological polar surface area (TPSA) is 63.3 Å². The Balaban J connectivity index is 2.23. The first-order valence-corrected chi connectivity index (χ1v) is 6.72. The molecule has 0 saturated carbocycles. The van der Waals surface area contributed by atoms with Gasteiger partial charge in [-0.2, -0.15) is 0 Å². The number of fused-ring (bicyclic) bond motifs is 1. The van der Waals surface area contributed by atoms with Gasteiger partial charge in [-0.15, -0.1) is 0 Å². The molecule has 0 saturated heterocycles. The maximum Gasteiger partial charge on any atom is 0.339 e. The van der Waals surface area contributed by atoms with Gasteiger partial charge in [0.2, 0.25) is 5.89 Å². The van der Waals surface area contributed by atoms with E-state index in [0.29, 0.717) is 14.7 Å². The van der Waals surface area contributed by atoms with Crippen LogP contribution < -0.4 is 0 Å². The lowest BCUT2D eigenvalue weighted by Gasteiger charge is -1.99. The molecule has 3 rings (SSSR count). The summed E-state index contributed by atoms with van der Waals surface area (Å²) in [7, 11) is 0. The maximum absolute atomic E-state index is 13.1. The molecule has 1 aromatic heterocycles. The maximum atomic E-state index is 13.1. The van der Waals surface area contributed by atoms with Crippen LogP contribution in [0.4, 0.5) is 4.39 Å². The number of aromatic carboxylic acids is 1. The Morgan fingerprint density at radius 1 is 1.30 bits per heavy atom. The molecular weight excluding hydrogens is 376 g/mol. The van der Waals surface area contributed by atoms with E-state index in [9.17, 15) is 9.18 Å². The number of hydrogen-bond acceptors (Lipinski definition) is 3. The molecule has 0 amide bonds. The predicted molar refractivity (Wildman–Crippen MR) is 79.1 cm³/mol. The largest absolute Gasteiger partial charge is 0.478 e. The number of carboxylic acids is 1. The number of oxazole rings is 1. The fourth-order valence-electron chi connectivity index (χ4n) is 1.90. The van der Waals surface area contributed by atoms with E-state index in [0.717, 1.165) is 0 Å². The van der Waals surface area contributed by atoms with E-state index in [-0.39, 0.29) is 22.9 Å². The number of carboxylic acid groups (broad SMARTS) is 1. The SMILES string of the molecule is O=C(O)c1cccc2nc(-c3ccc(F)cc3I)oc12. The monoisotopic (exact) mass is 383 g/mol. The van der Waals surface area contributed by atoms with Crippen molar-refractivity contribution in [1.82, 2.24) is 4.98 Å². The lowest BCUT2D eigenvalue weighted by molar-refractivity contribution is 0.0698. The summed E-state index contributed by atoms with van der Waals surface area (Å²) in [5, 5.41) is 9.11. The number of benzene rings is 2. The molecule has 0 fully saturated rings. The number of para-hydroxylation sites is 1. The molecule has 1 heterocycles. The fourth-order valence-corrected chi connectivity index (χ4v) is 2.60. The molecule has 4 nitrogen and oxygen atoms in total. The zero-order chi connectivity index (χ0) is 14.3. The smallest absolute Gasteiger partial charge is 0.339 e. The van der Waals surface area contributed by atoms with Gasteiger partial charge >= 0.3 is 5.97 Å². The Morgan fingerprint density at radius 2 is 2.10 bits per heavy atom. The Labute approximate surface area is 126 Å². The third-order valence-corrected chi connectivity index (χ3v) is 3.70. The van der Waals surface area contributed by atoms with Crippen molar-refractivity contribution in [2.75, 3.05) is 0 Å². The van der Waals surface area contributed by atoms with Gasteiger partial charge in [0.05, 0.1) is 5.56 Å². The van der Waals surface area contributed by atoms with Crippen molar-refractivity contribution in [3.8, 4) is 11.5 Å². The highest BCUT2D eigenvalue weighted by molar-refractivity contribution is 14.1. The summed E-state index contributed by atoms with van der Waals surface area (Å²) in [5.41, 5.74) is 1.35. The molecular formula is C14H7FINO3. The molecule has 0 spiro atoms. The number of hydrogen-bond donors (Lipinski definition) is 1. The highest BCUT2D eigenvalue weighted by atomic mass is 127. The van der Waals surface area contributed by atoms with Gasteiger partial charge < -0.3 is 9.52 Å². The van der Waals surface area contributed by atoms with Gasteiger partial charge in [-0.25, -0.2) is 14.2 Å². The summed E-state index contributed by atoms with van der Waals surface area (Å²) in [5.74, 6) is -1.15. The average molecular weight is 383 g/mol. The molecule has 6 heteroatoms. The van der Waals surface area contributed by atoms with E-state index in [4.69, 9.17) is 9.52 Å². The van der Waals surface area contributed by atoms with Gasteiger partial charge in [0.15, 0.2) is 5.58 Å². The summed E-state index contributed by atoms with van der Waals surface area (Å²) in [6.45, 7) is 0. The van der Waals surface area contributed by atoms with E-state index in [1.165, 1.54) is 18.2 Å². The van der Waals surface area contributed by atoms with Crippen molar-refractivity contribution in [2.45, 2.75) is 0 Å². The van der Waals surface area contributed by atoms with E-state index >= 15 is 0 Å². The van der Waals surface area contributed by atoms with Crippen LogP contribution in [0.5, 0.6) is 0 Å². The van der Waals surface area contributed by atoms with Gasteiger partial charge in [0.25, 0.3) is 0 Å². The van der Waals surface area contributed by atoms with Crippen LogP contribution in [0.2, 0.25) is 0 Å². The number of halogens is 2. The Bertz CT molecular complexity index is 828.